The Morgan fingerprint density at radius 1 is 1.50 bits per heavy atom. The van der Waals surface area contributed by atoms with Gasteiger partial charge in [-0.15, -0.1) is 0 Å². The number of anilines is 1. The van der Waals surface area contributed by atoms with Crippen LogP contribution in [0.1, 0.15) is 0 Å². The number of nitrogens with one attached hydrogen (secondary N) is 1. The van der Waals surface area contributed by atoms with Crippen LogP contribution in [0.15, 0.2) is 21.6 Å². The first-order chi connectivity index (χ1) is 5.68. The van der Waals surface area contributed by atoms with Crippen LogP contribution in [0.5, 0.6) is 0 Å². The molecule has 3 N–H and O–H groups in total. The molecule has 1 aliphatic rings. The molecule has 0 bridgehead atoms. The Morgan fingerprint density at radius 2 is 2.25 bits per heavy atom. The molecular weight excluding hydrogens is 222 g/mol. The molecule has 0 aliphatic carbocycles. The predicted octanol–water partition coefficient (Wildman–Crippen LogP) is 0.719. The summed E-state index contributed by atoms with van der Waals surface area (Å²) in [6.45, 7) is 0. The van der Waals surface area contributed by atoms with Crippen molar-refractivity contribution < 1.29 is 5.06 Å². The molecule has 4 nitrogen and oxygen atoms in total. The van der Waals surface area contributed by atoms with Gasteiger partial charge in [-0.3, -0.25) is 5.06 Å². The lowest BCUT2D eigenvalue weighted by Gasteiger charge is -2.11. The van der Waals surface area contributed by atoms with Crippen LogP contribution in [-0.2, 0) is 0 Å². The molecule has 1 aliphatic heterocycles. The van der Waals surface area contributed by atoms with Gasteiger partial charge in [0.25, 0.3) is 0 Å². The Bertz CT molecular complexity index is 364. The second-order valence-electron chi connectivity index (χ2n) is 2.51. The number of hydrogen-bond acceptors (Lipinski definition) is 3. The lowest BCUT2D eigenvalue weighted by Crippen LogP contribution is -2.99. The van der Waals surface area contributed by atoms with Gasteiger partial charge in [-0.1, -0.05) is 0 Å². The molecule has 0 saturated carbocycles. The van der Waals surface area contributed by atoms with Crippen molar-refractivity contribution in [3.8, 4) is 0 Å². The Hall–Kier alpha value is -0.910. The number of nitrogen functional groups attached to an aromatic ring is 1. The van der Waals surface area contributed by atoms with Gasteiger partial charge in [0, 0.05) is 16.2 Å². The van der Waals surface area contributed by atoms with Gasteiger partial charge < -0.3 is 10.9 Å². The lowest BCUT2D eigenvalue weighted by atomic mass is 10.2. The second-order valence-corrected chi connectivity index (χ2v) is 3.37. The number of quaternary nitrogens is 1. The van der Waals surface area contributed by atoms with Crippen LogP contribution in [-0.4, -0.2) is 6.34 Å². The van der Waals surface area contributed by atoms with Gasteiger partial charge in [-0.2, -0.15) is 4.99 Å². The van der Waals surface area contributed by atoms with E-state index in [0.29, 0.717) is 17.1 Å². The zero-order chi connectivity index (χ0) is 8.72. The first kappa shape index (κ1) is 7.72. The molecule has 12 heavy (non-hydrogen) atoms. The maximum Gasteiger partial charge on any atom is 0.194 e. The van der Waals surface area contributed by atoms with Crippen molar-refractivity contribution in [3.63, 3.8) is 0 Å². The summed E-state index contributed by atoms with van der Waals surface area (Å²) in [6.07, 6.45) is 1.30. The number of aliphatic imine (C=N–C) groups is 1. The fraction of sp³-hybridized carbons (Fsp3) is 0. The van der Waals surface area contributed by atoms with Crippen molar-refractivity contribution in [2.45, 2.75) is 0 Å². The molecule has 0 amide bonds. The van der Waals surface area contributed by atoms with E-state index >= 15 is 0 Å². The smallest absolute Gasteiger partial charge is 0.194 e. The lowest BCUT2D eigenvalue weighted by molar-refractivity contribution is -0.655. The minimum absolute atomic E-state index is 0.0642. The van der Waals surface area contributed by atoms with Crippen LogP contribution in [0.4, 0.5) is 17.1 Å². The van der Waals surface area contributed by atoms with Crippen LogP contribution in [0.25, 0.3) is 0 Å². The van der Waals surface area contributed by atoms with E-state index in [0.717, 1.165) is 4.47 Å². The van der Waals surface area contributed by atoms with Crippen molar-refractivity contribution in [1.29, 1.82) is 0 Å². The van der Waals surface area contributed by atoms with E-state index < -0.39 is 0 Å². The van der Waals surface area contributed by atoms with Crippen molar-refractivity contribution in [1.82, 2.24) is 0 Å². The molecule has 1 aromatic rings. The zero-order valence-corrected chi connectivity index (χ0v) is 7.63. The monoisotopic (exact) mass is 227 g/mol. The number of rotatable bonds is 0. The number of fused-ring (bicyclic) bond motifs is 1. The van der Waals surface area contributed by atoms with E-state index in [4.69, 9.17) is 5.73 Å². The van der Waals surface area contributed by atoms with Crippen LogP contribution in [0, 0.1) is 5.21 Å². The molecule has 0 saturated heterocycles. The van der Waals surface area contributed by atoms with Crippen LogP contribution >= 0.6 is 15.9 Å². The van der Waals surface area contributed by atoms with Gasteiger partial charge in [0.1, 0.15) is 5.69 Å². The highest BCUT2D eigenvalue weighted by molar-refractivity contribution is 9.10. The molecule has 5 heteroatoms. The van der Waals surface area contributed by atoms with Crippen molar-refractivity contribution in [3.05, 3.63) is 21.8 Å². The van der Waals surface area contributed by atoms with Crippen molar-refractivity contribution in [2.24, 2.45) is 4.99 Å². The third-order valence-corrected chi connectivity index (χ3v) is 2.39. The highest BCUT2D eigenvalue weighted by Crippen LogP contribution is 2.32. The van der Waals surface area contributed by atoms with Gasteiger partial charge in [-0.05, 0) is 22.0 Å². The summed E-state index contributed by atoms with van der Waals surface area (Å²) in [5, 5.41) is 11.1. The Morgan fingerprint density at radius 3 is 3.00 bits per heavy atom. The average Bonchev–Trinajstić information content (AvgIpc) is 2.35. The standard InChI is InChI=1S/C7H6BrN3O/c8-4-1-7-6(2-5(4)9)10-3-11(7)12/h1-3,11H,9H2. The number of nitrogens with two attached hydrogens (primary N) is 1. The van der Waals surface area contributed by atoms with Gasteiger partial charge in [0.05, 0.1) is 0 Å². The summed E-state index contributed by atoms with van der Waals surface area (Å²) in [5.41, 5.74) is 7.46. The predicted molar refractivity (Wildman–Crippen MR) is 50.7 cm³/mol. The summed E-state index contributed by atoms with van der Waals surface area (Å²) < 4.78 is 0.736. The van der Waals surface area contributed by atoms with Gasteiger partial charge in [0.15, 0.2) is 12.0 Å². The van der Waals surface area contributed by atoms with E-state index in [-0.39, 0.29) is 5.06 Å². The maximum absolute atomic E-state index is 11.1. The van der Waals surface area contributed by atoms with Gasteiger partial charge in [0.2, 0.25) is 0 Å². The van der Waals surface area contributed by atoms with Crippen molar-refractivity contribution in [2.75, 3.05) is 5.73 Å². The number of halogens is 1. The minimum atomic E-state index is -0.0642. The molecule has 62 valence electrons. The van der Waals surface area contributed by atoms with E-state index in [1.54, 1.807) is 12.1 Å². The van der Waals surface area contributed by atoms with E-state index in [2.05, 4.69) is 20.9 Å². The number of hydroxylamine groups is 1. The third kappa shape index (κ3) is 1.03. The number of nitrogens with zero attached hydrogens (tertiary/aromatic N) is 1. The van der Waals surface area contributed by atoms with Crippen LogP contribution < -0.4 is 10.8 Å². The Kier molecular flexibility index (Phi) is 1.64. The molecule has 0 aromatic heterocycles. The summed E-state index contributed by atoms with van der Waals surface area (Å²) in [6, 6.07) is 3.38. The number of benzene rings is 1. The maximum atomic E-state index is 11.1. The summed E-state index contributed by atoms with van der Waals surface area (Å²) in [7, 11) is 0. The Balaban J connectivity index is 2.62. The minimum Gasteiger partial charge on any atom is -0.623 e. The number of hydrogen-bond donors (Lipinski definition) is 2. The highest BCUT2D eigenvalue weighted by Gasteiger charge is 2.16. The fourth-order valence-electron chi connectivity index (χ4n) is 1.08. The fourth-order valence-corrected chi connectivity index (χ4v) is 1.42. The molecule has 0 radical (unpaired) electrons. The quantitative estimate of drug-likeness (QED) is 0.507. The molecule has 1 atom stereocenters. The molecule has 1 unspecified atom stereocenters. The summed E-state index contributed by atoms with van der Waals surface area (Å²) in [4.78, 5) is 3.91. The third-order valence-electron chi connectivity index (χ3n) is 1.70. The largest absolute Gasteiger partial charge is 0.623 e. The summed E-state index contributed by atoms with van der Waals surface area (Å²) >= 11 is 3.24. The van der Waals surface area contributed by atoms with E-state index in [9.17, 15) is 5.21 Å². The van der Waals surface area contributed by atoms with Crippen molar-refractivity contribution >= 4 is 39.3 Å². The van der Waals surface area contributed by atoms with Crippen LogP contribution in [0.3, 0.4) is 0 Å². The SMILES string of the molecule is Nc1cc2c(cc1Br)[NH+]([O-])C=N2. The highest BCUT2D eigenvalue weighted by atomic mass is 79.9. The average molecular weight is 228 g/mol. The molecule has 1 aromatic carbocycles. The molecule has 1 heterocycles. The first-order valence-corrected chi connectivity index (χ1v) is 4.15. The van der Waals surface area contributed by atoms with Gasteiger partial charge in [-0.25, -0.2) is 0 Å². The molecule has 0 fully saturated rings. The van der Waals surface area contributed by atoms with E-state index in [1.165, 1.54) is 6.34 Å². The summed E-state index contributed by atoms with van der Waals surface area (Å²) in [5.74, 6) is 0. The van der Waals surface area contributed by atoms with E-state index in [1.807, 2.05) is 0 Å². The van der Waals surface area contributed by atoms with Crippen LogP contribution in [0.2, 0.25) is 0 Å². The topological polar surface area (TPSA) is 65.9 Å². The zero-order valence-electron chi connectivity index (χ0n) is 6.04. The molecular formula is C7H6BrN3O. The first-order valence-electron chi connectivity index (χ1n) is 3.36. The van der Waals surface area contributed by atoms with Gasteiger partial charge >= 0.3 is 0 Å². The normalized spacial score (nSPS) is 19.7. The molecule has 0 spiro atoms. The molecule has 2 rings (SSSR count). The Labute approximate surface area is 77.4 Å². The second kappa shape index (κ2) is 2.55.